The highest BCUT2D eigenvalue weighted by Crippen LogP contribution is 2.44. The Morgan fingerprint density at radius 1 is 0.452 bits per heavy atom. The largest absolute Gasteiger partial charge is 0.294 e. The van der Waals surface area contributed by atoms with Crippen molar-refractivity contribution in [2.45, 2.75) is 0 Å². The molecule has 0 fully saturated rings. The van der Waals surface area contributed by atoms with Crippen molar-refractivity contribution in [3.05, 3.63) is 146 Å². The average molecular weight is 537 g/mol. The molecule has 4 aromatic heterocycles. The first-order valence-electron chi connectivity index (χ1n) is 14.2. The van der Waals surface area contributed by atoms with Gasteiger partial charge in [-0.25, -0.2) is 9.97 Å². The third kappa shape index (κ3) is 3.17. The van der Waals surface area contributed by atoms with Crippen LogP contribution in [0, 0.1) is 0 Å². The highest BCUT2D eigenvalue weighted by atomic mass is 15.1. The van der Waals surface area contributed by atoms with Gasteiger partial charge < -0.3 is 0 Å². The molecule has 0 amide bonds. The Bertz CT molecular complexity index is 2440. The highest BCUT2D eigenvalue weighted by Gasteiger charge is 2.23. The Morgan fingerprint density at radius 3 is 1.83 bits per heavy atom. The molecule has 0 unspecified atom stereocenters. The van der Waals surface area contributed by atoms with Gasteiger partial charge in [-0.15, -0.1) is 0 Å². The molecule has 0 aliphatic carbocycles. The first-order valence-corrected chi connectivity index (χ1v) is 14.2. The fourth-order valence-electron chi connectivity index (χ4n) is 6.63. The van der Waals surface area contributed by atoms with Crippen molar-refractivity contribution in [1.29, 1.82) is 0 Å². The average Bonchev–Trinajstić information content (AvgIpc) is 3.63. The third-order valence-corrected chi connectivity index (χ3v) is 8.34. The number of hydrogen-bond donors (Lipinski definition) is 0. The molecule has 0 radical (unpaired) electrons. The predicted octanol–water partition coefficient (Wildman–Crippen LogP) is 9.47. The van der Waals surface area contributed by atoms with Crippen molar-refractivity contribution >= 4 is 49.0 Å². The van der Waals surface area contributed by atoms with E-state index < -0.39 is 0 Å². The van der Waals surface area contributed by atoms with Crippen LogP contribution in [0.3, 0.4) is 0 Å². The molecule has 5 aromatic carbocycles. The zero-order valence-electron chi connectivity index (χ0n) is 22.6. The minimum atomic E-state index is 0.910. The fourth-order valence-corrected chi connectivity index (χ4v) is 6.63. The van der Waals surface area contributed by atoms with Crippen molar-refractivity contribution in [2.24, 2.45) is 0 Å². The maximum atomic E-state index is 5.37. The van der Waals surface area contributed by atoms with E-state index in [1.54, 1.807) is 0 Å². The predicted molar refractivity (Wildman–Crippen MR) is 173 cm³/mol. The number of pyridine rings is 2. The van der Waals surface area contributed by atoms with E-state index in [9.17, 15) is 0 Å². The van der Waals surface area contributed by atoms with Crippen LogP contribution in [0.4, 0.5) is 0 Å². The molecule has 42 heavy (non-hydrogen) atoms. The summed E-state index contributed by atoms with van der Waals surface area (Å²) in [5.41, 5.74) is 7.71. The summed E-state index contributed by atoms with van der Waals surface area (Å²) in [6, 6.07) is 49.1. The lowest BCUT2D eigenvalue weighted by Crippen LogP contribution is -1.97. The van der Waals surface area contributed by atoms with Gasteiger partial charge >= 0.3 is 0 Å². The van der Waals surface area contributed by atoms with Crippen LogP contribution >= 0.6 is 0 Å². The van der Waals surface area contributed by atoms with Gasteiger partial charge in [-0.1, -0.05) is 109 Å². The van der Waals surface area contributed by atoms with Gasteiger partial charge in [0.15, 0.2) is 0 Å². The molecular formula is C38H24N4. The standard InChI is InChI=1S/C38H24N4/c1-3-13-25(14-4-1)36-37-28-18-8-7-17-27(28)34-32(42(37)38(40-36)26-15-5-2-6-16-26)23-22-31-35(34)29-19-9-10-20-30(29)41(31)33-21-11-12-24-39-33/h1-24H. The van der Waals surface area contributed by atoms with E-state index >= 15 is 0 Å². The van der Waals surface area contributed by atoms with E-state index in [1.807, 2.05) is 18.3 Å². The van der Waals surface area contributed by atoms with E-state index in [4.69, 9.17) is 9.97 Å². The summed E-state index contributed by atoms with van der Waals surface area (Å²) in [7, 11) is 0. The molecule has 0 saturated carbocycles. The molecule has 0 aliphatic rings. The van der Waals surface area contributed by atoms with Crippen molar-refractivity contribution < 1.29 is 0 Å². The van der Waals surface area contributed by atoms with Crippen LogP contribution in [-0.2, 0) is 0 Å². The summed E-state index contributed by atoms with van der Waals surface area (Å²) in [6.07, 6.45) is 1.86. The molecule has 4 heterocycles. The second-order valence-electron chi connectivity index (χ2n) is 10.6. The van der Waals surface area contributed by atoms with E-state index in [0.717, 1.165) is 50.5 Å². The van der Waals surface area contributed by atoms with E-state index in [1.165, 1.54) is 26.9 Å². The zero-order valence-corrected chi connectivity index (χ0v) is 22.6. The second-order valence-corrected chi connectivity index (χ2v) is 10.6. The summed E-state index contributed by atoms with van der Waals surface area (Å²) in [4.78, 5) is 10.1. The summed E-state index contributed by atoms with van der Waals surface area (Å²) in [5.74, 6) is 1.85. The number of para-hydroxylation sites is 1. The monoisotopic (exact) mass is 536 g/mol. The Labute approximate surface area is 241 Å². The van der Waals surface area contributed by atoms with Gasteiger partial charge in [-0.3, -0.25) is 8.97 Å². The van der Waals surface area contributed by atoms with Gasteiger partial charge in [-0.05, 0) is 35.7 Å². The maximum Gasteiger partial charge on any atom is 0.145 e. The maximum absolute atomic E-state index is 5.37. The SMILES string of the molecule is c1ccc(-c2nc(-c3ccccc3)n3c4ccc5c(c6ccccc6n5-c5ccccn5)c4c4ccccc4c23)cc1. The number of fused-ring (bicyclic) bond motifs is 10. The Morgan fingerprint density at radius 2 is 1.07 bits per heavy atom. The van der Waals surface area contributed by atoms with E-state index in [2.05, 4.69) is 136 Å². The summed E-state index contributed by atoms with van der Waals surface area (Å²) in [5, 5.41) is 6.04. The summed E-state index contributed by atoms with van der Waals surface area (Å²) >= 11 is 0. The Hall–Kier alpha value is -5.74. The lowest BCUT2D eigenvalue weighted by Gasteiger charge is -2.13. The normalized spacial score (nSPS) is 11.8. The van der Waals surface area contributed by atoms with Gasteiger partial charge in [0.2, 0.25) is 0 Å². The van der Waals surface area contributed by atoms with Crippen LogP contribution in [0.2, 0.25) is 0 Å². The first-order chi connectivity index (χ1) is 20.9. The molecule has 4 heteroatoms. The van der Waals surface area contributed by atoms with Crippen LogP contribution in [0.5, 0.6) is 0 Å². The number of imidazole rings is 1. The van der Waals surface area contributed by atoms with Gasteiger partial charge in [0.05, 0.1) is 27.8 Å². The molecule has 0 aliphatic heterocycles. The van der Waals surface area contributed by atoms with Gasteiger partial charge in [-0.2, -0.15) is 0 Å². The molecule has 9 aromatic rings. The number of benzene rings is 5. The van der Waals surface area contributed by atoms with Crippen molar-refractivity contribution in [2.75, 3.05) is 0 Å². The number of aromatic nitrogens is 4. The summed E-state index contributed by atoms with van der Waals surface area (Å²) < 4.78 is 4.66. The molecule has 4 nitrogen and oxygen atoms in total. The number of hydrogen-bond acceptors (Lipinski definition) is 2. The number of nitrogens with zero attached hydrogens (tertiary/aromatic N) is 4. The summed E-state index contributed by atoms with van der Waals surface area (Å²) in [6.45, 7) is 0. The molecule has 9 rings (SSSR count). The van der Waals surface area contributed by atoms with Crippen molar-refractivity contribution in [1.82, 2.24) is 18.9 Å². The molecular weight excluding hydrogens is 512 g/mol. The third-order valence-electron chi connectivity index (χ3n) is 8.34. The van der Waals surface area contributed by atoms with Crippen LogP contribution in [0.1, 0.15) is 0 Å². The van der Waals surface area contributed by atoms with Crippen LogP contribution in [0.25, 0.3) is 77.5 Å². The lowest BCUT2D eigenvalue weighted by atomic mass is 9.98. The fraction of sp³-hybridized carbons (Fsp3) is 0. The van der Waals surface area contributed by atoms with E-state index in [0.29, 0.717) is 0 Å². The molecule has 0 bridgehead atoms. The quantitative estimate of drug-likeness (QED) is 0.211. The second kappa shape index (κ2) is 8.88. The van der Waals surface area contributed by atoms with Crippen LogP contribution < -0.4 is 0 Å². The molecule has 0 spiro atoms. The molecule has 0 N–H and O–H groups in total. The molecule has 196 valence electrons. The van der Waals surface area contributed by atoms with Crippen molar-refractivity contribution in [3.8, 4) is 28.5 Å². The topological polar surface area (TPSA) is 35.1 Å². The van der Waals surface area contributed by atoms with E-state index in [-0.39, 0.29) is 0 Å². The minimum absolute atomic E-state index is 0.910. The molecule has 0 atom stereocenters. The minimum Gasteiger partial charge on any atom is -0.294 e. The zero-order chi connectivity index (χ0) is 27.6. The lowest BCUT2D eigenvalue weighted by molar-refractivity contribution is 1.08. The Kier molecular flexibility index (Phi) is 4.87. The van der Waals surface area contributed by atoms with Gasteiger partial charge in [0.25, 0.3) is 0 Å². The van der Waals surface area contributed by atoms with Crippen LogP contribution in [0.15, 0.2) is 146 Å². The first kappa shape index (κ1) is 23.0. The highest BCUT2D eigenvalue weighted by molar-refractivity contribution is 6.30. The Balaban J connectivity index is 1.56. The van der Waals surface area contributed by atoms with Crippen LogP contribution in [-0.4, -0.2) is 18.9 Å². The number of rotatable bonds is 3. The molecule has 0 saturated heterocycles. The van der Waals surface area contributed by atoms with Gasteiger partial charge in [0.1, 0.15) is 11.6 Å². The van der Waals surface area contributed by atoms with Gasteiger partial charge in [0, 0.05) is 38.9 Å². The van der Waals surface area contributed by atoms with Crippen molar-refractivity contribution in [3.63, 3.8) is 0 Å². The smallest absolute Gasteiger partial charge is 0.145 e.